The lowest BCUT2D eigenvalue weighted by Crippen LogP contribution is -2.55. The van der Waals surface area contributed by atoms with Gasteiger partial charge in [0.1, 0.15) is 11.4 Å². The Morgan fingerprint density at radius 1 is 1.41 bits per heavy atom. The lowest BCUT2D eigenvalue weighted by atomic mass is 9.77. The number of likely N-dealkylation sites (tertiary alicyclic amines) is 2. The van der Waals surface area contributed by atoms with Crippen molar-refractivity contribution in [2.75, 3.05) is 20.1 Å². The van der Waals surface area contributed by atoms with Gasteiger partial charge in [-0.3, -0.25) is 14.5 Å². The largest absolute Gasteiger partial charge is 0.481 e. The van der Waals surface area contributed by atoms with Crippen LogP contribution in [0.25, 0.3) is 0 Å². The van der Waals surface area contributed by atoms with Gasteiger partial charge >= 0.3 is 5.97 Å². The first kappa shape index (κ1) is 15.0. The average molecular weight is 308 g/mol. The van der Waals surface area contributed by atoms with E-state index in [1.165, 1.54) is 0 Å². The zero-order valence-electron chi connectivity index (χ0n) is 12.8. The number of carbonyl (C=O) groups is 2. The van der Waals surface area contributed by atoms with Gasteiger partial charge in [0, 0.05) is 33.1 Å². The van der Waals surface area contributed by atoms with E-state index in [1.54, 1.807) is 11.9 Å². The lowest BCUT2D eigenvalue weighted by molar-refractivity contribution is -0.146. The summed E-state index contributed by atoms with van der Waals surface area (Å²) in [6, 6.07) is 0. The van der Waals surface area contributed by atoms with Crippen LogP contribution in [0.2, 0.25) is 0 Å². The van der Waals surface area contributed by atoms with E-state index < -0.39 is 17.4 Å². The van der Waals surface area contributed by atoms with Gasteiger partial charge in [0.25, 0.3) is 0 Å². The highest BCUT2D eigenvalue weighted by Crippen LogP contribution is 2.42. The molecule has 1 aromatic rings. The fraction of sp³-hybridized carbons (Fsp3) is 0.714. The molecule has 3 heterocycles. The van der Waals surface area contributed by atoms with Crippen molar-refractivity contribution in [3.8, 4) is 0 Å². The van der Waals surface area contributed by atoms with E-state index in [4.69, 9.17) is 4.63 Å². The van der Waals surface area contributed by atoms with Crippen molar-refractivity contribution < 1.29 is 19.3 Å². The molecule has 1 N–H and O–H groups in total. The summed E-state index contributed by atoms with van der Waals surface area (Å²) < 4.78 is 4.70. The van der Waals surface area contributed by atoms with Gasteiger partial charge in [0.05, 0.1) is 11.5 Å². The highest BCUT2D eigenvalue weighted by atomic mass is 16.6. The molecule has 0 unspecified atom stereocenters. The fourth-order valence-corrected chi connectivity index (χ4v) is 3.69. The summed E-state index contributed by atoms with van der Waals surface area (Å²) >= 11 is 0. The van der Waals surface area contributed by atoms with Gasteiger partial charge in [0.15, 0.2) is 0 Å². The van der Waals surface area contributed by atoms with Crippen molar-refractivity contribution in [1.82, 2.24) is 20.1 Å². The van der Waals surface area contributed by atoms with Gasteiger partial charge in [-0.15, -0.1) is 0 Å². The van der Waals surface area contributed by atoms with Gasteiger partial charge in [0.2, 0.25) is 5.91 Å². The molecule has 2 fully saturated rings. The van der Waals surface area contributed by atoms with E-state index in [0.717, 1.165) is 24.5 Å². The topological polar surface area (TPSA) is 99.8 Å². The number of piperidine rings is 1. The summed E-state index contributed by atoms with van der Waals surface area (Å²) in [6.07, 6.45) is 1.44. The zero-order chi connectivity index (χ0) is 15.9. The number of aromatic nitrogens is 2. The minimum absolute atomic E-state index is 0.0719. The molecule has 1 aromatic heterocycles. The van der Waals surface area contributed by atoms with Crippen molar-refractivity contribution in [2.24, 2.45) is 5.92 Å². The molecule has 3 rings (SSSR count). The zero-order valence-corrected chi connectivity index (χ0v) is 12.8. The van der Waals surface area contributed by atoms with Crippen molar-refractivity contribution in [2.45, 2.75) is 38.3 Å². The van der Waals surface area contributed by atoms with Crippen LogP contribution in [0.15, 0.2) is 4.63 Å². The molecule has 8 nitrogen and oxygen atoms in total. The molecule has 2 aliphatic heterocycles. The van der Waals surface area contributed by atoms with Crippen molar-refractivity contribution in [1.29, 1.82) is 0 Å². The highest BCUT2D eigenvalue weighted by molar-refractivity contribution is 5.88. The van der Waals surface area contributed by atoms with Crippen LogP contribution < -0.4 is 0 Å². The number of carbonyl (C=O) groups excluding carboxylic acids is 1. The number of amides is 1. The summed E-state index contributed by atoms with van der Waals surface area (Å²) in [5.41, 5.74) is 1.04. The van der Waals surface area contributed by atoms with Crippen LogP contribution in [0.4, 0.5) is 0 Å². The standard InChI is InChI=1S/C14H20N4O4/c1-9-11(16-22-15-9)8-18-5-3-14(4-6-18)10(13(20)21)7-12(19)17(14)2/h10H,3-8H2,1-2H3,(H,20,21)/t10-/m1/s1. The molecule has 0 saturated carbocycles. The van der Waals surface area contributed by atoms with E-state index in [2.05, 4.69) is 15.2 Å². The van der Waals surface area contributed by atoms with Crippen LogP contribution in [0, 0.1) is 12.8 Å². The molecule has 120 valence electrons. The lowest BCUT2D eigenvalue weighted by Gasteiger charge is -2.45. The number of aliphatic carboxylic acids is 1. The number of nitrogens with zero attached hydrogens (tertiary/aromatic N) is 4. The molecule has 1 atom stereocenters. The van der Waals surface area contributed by atoms with Crippen LogP contribution in [0.5, 0.6) is 0 Å². The van der Waals surface area contributed by atoms with Crippen molar-refractivity contribution in [3.05, 3.63) is 11.4 Å². The summed E-state index contributed by atoms with van der Waals surface area (Å²) in [6.45, 7) is 3.95. The Bertz CT molecular complexity index is 591. The Balaban J connectivity index is 1.71. The predicted octanol–water partition coefficient (Wildman–Crippen LogP) is 0.276. The van der Waals surface area contributed by atoms with Gasteiger partial charge < -0.3 is 10.0 Å². The normalized spacial score (nSPS) is 25.1. The van der Waals surface area contributed by atoms with Crippen molar-refractivity contribution in [3.63, 3.8) is 0 Å². The molecule has 1 spiro atoms. The Labute approximate surface area is 128 Å². The predicted molar refractivity (Wildman–Crippen MR) is 74.8 cm³/mol. The molecule has 0 aromatic carbocycles. The second-order valence-corrected chi connectivity index (χ2v) is 6.22. The first-order valence-corrected chi connectivity index (χ1v) is 7.44. The second kappa shape index (κ2) is 5.35. The fourth-order valence-electron chi connectivity index (χ4n) is 3.69. The van der Waals surface area contributed by atoms with Crippen LogP contribution in [0.3, 0.4) is 0 Å². The van der Waals surface area contributed by atoms with E-state index in [0.29, 0.717) is 19.4 Å². The van der Waals surface area contributed by atoms with Crippen molar-refractivity contribution >= 4 is 11.9 Å². The average Bonchev–Trinajstić information content (AvgIpc) is 2.99. The first-order chi connectivity index (χ1) is 10.4. The Morgan fingerprint density at radius 2 is 2.09 bits per heavy atom. The first-order valence-electron chi connectivity index (χ1n) is 7.44. The molecule has 8 heteroatoms. The summed E-state index contributed by atoms with van der Waals surface area (Å²) in [7, 11) is 1.73. The minimum Gasteiger partial charge on any atom is -0.481 e. The number of rotatable bonds is 3. The molecule has 0 bridgehead atoms. The number of carboxylic acids is 1. The van der Waals surface area contributed by atoms with E-state index in [1.807, 2.05) is 6.92 Å². The maximum absolute atomic E-state index is 12.0. The maximum atomic E-state index is 12.0. The van der Waals surface area contributed by atoms with Crippen LogP contribution in [-0.2, 0) is 16.1 Å². The number of hydrogen-bond donors (Lipinski definition) is 1. The highest BCUT2D eigenvalue weighted by Gasteiger charge is 2.55. The van der Waals surface area contributed by atoms with Crippen LogP contribution >= 0.6 is 0 Å². The molecule has 0 aliphatic carbocycles. The van der Waals surface area contributed by atoms with E-state index in [-0.39, 0.29) is 12.3 Å². The van der Waals surface area contributed by atoms with Gasteiger partial charge in [-0.1, -0.05) is 10.3 Å². The molecular formula is C14H20N4O4. The van der Waals surface area contributed by atoms with Crippen LogP contribution in [0.1, 0.15) is 30.7 Å². The quantitative estimate of drug-likeness (QED) is 0.855. The summed E-state index contributed by atoms with van der Waals surface area (Å²) in [5.74, 6) is -1.55. The second-order valence-electron chi connectivity index (χ2n) is 6.22. The third kappa shape index (κ3) is 2.27. The Kier molecular flexibility index (Phi) is 3.64. The van der Waals surface area contributed by atoms with Gasteiger partial charge in [-0.05, 0) is 19.8 Å². The third-order valence-corrected chi connectivity index (χ3v) is 5.21. The monoisotopic (exact) mass is 308 g/mol. The van der Waals surface area contributed by atoms with E-state index in [9.17, 15) is 14.7 Å². The third-order valence-electron chi connectivity index (χ3n) is 5.21. The molecular weight excluding hydrogens is 288 g/mol. The summed E-state index contributed by atoms with van der Waals surface area (Å²) in [5, 5.41) is 17.1. The molecule has 0 radical (unpaired) electrons. The molecule has 1 amide bonds. The van der Waals surface area contributed by atoms with Crippen LogP contribution in [-0.4, -0.2) is 62.8 Å². The minimum atomic E-state index is -0.873. The Hall–Kier alpha value is -1.96. The number of aryl methyl sites for hydroxylation is 1. The maximum Gasteiger partial charge on any atom is 0.309 e. The molecule has 2 saturated heterocycles. The smallest absolute Gasteiger partial charge is 0.309 e. The Morgan fingerprint density at radius 3 is 2.64 bits per heavy atom. The SMILES string of the molecule is Cc1nonc1CN1CCC2(CC1)[C@@H](C(=O)O)CC(=O)N2C. The number of carboxylic acid groups (broad SMARTS) is 1. The number of hydrogen-bond acceptors (Lipinski definition) is 6. The molecule has 2 aliphatic rings. The van der Waals surface area contributed by atoms with Gasteiger partial charge in [-0.25, -0.2) is 4.63 Å². The van der Waals surface area contributed by atoms with E-state index >= 15 is 0 Å². The summed E-state index contributed by atoms with van der Waals surface area (Å²) in [4.78, 5) is 27.3. The molecule has 22 heavy (non-hydrogen) atoms. The van der Waals surface area contributed by atoms with Gasteiger partial charge in [-0.2, -0.15) is 0 Å².